The van der Waals surface area contributed by atoms with Gasteiger partial charge in [-0.3, -0.25) is 4.79 Å². The number of halogens is 2. The van der Waals surface area contributed by atoms with Crippen LogP contribution in [0.15, 0.2) is 0 Å². The fourth-order valence-corrected chi connectivity index (χ4v) is 0.384. The second-order valence-corrected chi connectivity index (χ2v) is 2.10. The number of carbonyl (C=O) groups is 1. The van der Waals surface area contributed by atoms with Gasteiger partial charge in [-0.1, -0.05) is 0 Å². The maximum atomic E-state index is 10.3. The summed E-state index contributed by atoms with van der Waals surface area (Å²) in [6, 6.07) is 0. The van der Waals surface area contributed by atoms with Crippen molar-refractivity contribution in [1.29, 1.82) is 0 Å². The highest BCUT2D eigenvalue weighted by Gasteiger charge is 2.02. The number of ether oxygens (including phenoxy) is 1. The maximum Gasteiger partial charge on any atom is 0.326 e. The number of alkyl halides is 2. The molecule has 52 valence electrons. The molecule has 0 aromatic heterocycles. The standard InChI is InChI=1S/C4H4Cl2O2S/c5-1-3(7)8-4(9)2-6/h1-2H2. The summed E-state index contributed by atoms with van der Waals surface area (Å²) in [6.45, 7) is 0. The molecule has 2 nitrogen and oxygen atoms in total. The van der Waals surface area contributed by atoms with E-state index < -0.39 is 5.97 Å². The molecule has 0 aliphatic carbocycles. The van der Waals surface area contributed by atoms with E-state index in [1.54, 1.807) is 0 Å². The molecule has 0 aliphatic rings. The van der Waals surface area contributed by atoms with Crippen LogP contribution < -0.4 is 0 Å². The lowest BCUT2D eigenvalue weighted by molar-refractivity contribution is -0.132. The number of carbonyl (C=O) groups excluding carboxylic acids is 1. The van der Waals surface area contributed by atoms with E-state index >= 15 is 0 Å². The monoisotopic (exact) mass is 186 g/mol. The number of rotatable bonds is 2. The van der Waals surface area contributed by atoms with Crippen molar-refractivity contribution in [3.63, 3.8) is 0 Å². The third-order valence-electron chi connectivity index (χ3n) is 0.446. The first kappa shape index (κ1) is 9.14. The molecule has 0 aromatic carbocycles. The highest BCUT2D eigenvalue weighted by molar-refractivity contribution is 7.80. The molecular formula is C4H4Cl2O2S. The van der Waals surface area contributed by atoms with Crippen LogP contribution in [0.25, 0.3) is 0 Å². The summed E-state index contributed by atoms with van der Waals surface area (Å²) in [5.41, 5.74) is 0. The van der Waals surface area contributed by atoms with Crippen LogP contribution in [-0.4, -0.2) is 22.8 Å². The smallest absolute Gasteiger partial charge is 0.326 e. The number of esters is 1. The Hall–Kier alpha value is 0.140. The largest absolute Gasteiger partial charge is 0.417 e. The van der Waals surface area contributed by atoms with E-state index in [1.165, 1.54) is 0 Å². The lowest BCUT2D eigenvalue weighted by Crippen LogP contribution is -2.12. The van der Waals surface area contributed by atoms with Crippen molar-refractivity contribution in [2.45, 2.75) is 0 Å². The van der Waals surface area contributed by atoms with Gasteiger partial charge < -0.3 is 4.74 Å². The third kappa shape index (κ3) is 4.63. The second-order valence-electron chi connectivity index (χ2n) is 1.11. The van der Waals surface area contributed by atoms with E-state index in [0.29, 0.717) is 0 Å². The van der Waals surface area contributed by atoms with E-state index in [1.807, 2.05) is 0 Å². The first-order chi connectivity index (χ1) is 4.20. The molecule has 0 aliphatic heterocycles. The first-order valence-corrected chi connectivity index (χ1v) is 3.54. The van der Waals surface area contributed by atoms with Crippen LogP contribution in [0.3, 0.4) is 0 Å². The van der Waals surface area contributed by atoms with E-state index in [-0.39, 0.29) is 16.8 Å². The minimum absolute atomic E-state index is 0.0396. The van der Waals surface area contributed by atoms with Crippen molar-refractivity contribution in [2.24, 2.45) is 0 Å². The zero-order valence-corrected chi connectivity index (χ0v) is 6.72. The summed E-state index contributed by atoms with van der Waals surface area (Å²) in [5, 5.41) is 0.0577. The van der Waals surface area contributed by atoms with Crippen molar-refractivity contribution in [3.05, 3.63) is 0 Å². The van der Waals surface area contributed by atoms with E-state index in [2.05, 4.69) is 17.0 Å². The van der Waals surface area contributed by atoms with E-state index in [9.17, 15) is 4.79 Å². The Morgan fingerprint density at radius 3 is 2.33 bits per heavy atom. The van der Waals surface area contributed by atoms with E-state index in [0.717, 1.165) is 0 Å². The predicted octanol–water partition coefficient (Wildman–Crippen LogP) is 1.33. The fourth-order valence-electron chi connectivity index (χ4n) is 0.182. The Morgan fingerprint density at radius 1 is 1.44 bits per heavy atom. The molecule has 0 N–H and O–H groups in total. The minimum Gasteiger partial charge on any atom is -0.417 e. The van der Waals surface area contributed by atoms with Crippen molar-refractivity contribution in [3.8, 4) is 0 Å². The zero-order valence-electron chi connectivity index (χ0n) is 4.39. The molecule has 0 rings (SSSR count). The van der Waals surface area contributed by atoms with Crippen LogP contribution >= 0.6 is 35.4 Å². The van der Waals surface area contributed by atoms with Crippen LogP contribution in [0.2, 0.25) is 0 Å². The normalized spacial score (nSPS) is 8.67. The number of hydrogen-bond donors (Lipinski definition) is 0. The lowest BCUT2D eigenvalue weighted by atomic mass is 10.7. The third-order valence-corrected chi connectivity index (χ3v) is 1.29. The van der Waals surface area contributed by atoms with Gasteiger partial charge in [0.05, 0.1) is 5.88 Å². The highest BCUT2D eigenvalue weighted by atomic mass is 35.5. The topological polar surface area (TPSA) is 26.3 Å². The number of thiocarbonyl (C=S) groups is 1. The van der Waals surface area contributed by atoms with Crippen molar-refractivity contribution in [2.75, 3.05) is 11.8 Å². The molecule has 5 heteroatoms. The van der Waals surface area contributed by atoms with Gasteiger partial charge in [0.2, 0.25) is 0 Å². The van der Waals surface area contributed by atoms with Gasteiger partial charge in [-0.25, -0.2) is 0 Å². The molecule has 0 radical (unpaired) electrons. The molecule has 0 bridgehead atoms. The minimum atomic E-state index is -0.567. The molecule has 0 aromatic rings. The SMILES string of the molecule is O=C(CCl)OC(=S)CCl. The first-order valence-electron chi connectivity index (χ1n) is 2.06. The summed E-state index contributed by atoms with van der Waals surface area (Å²) in [5.74, 6) is -0.725. The quantitative estimate of drug-likeness (QED) is 0.370. The molecule has 0 fully saturated rings. The summed E-state index contributed by atoms with van der Waals surface area (Å²) < 4.78 is 4.38. The van der Waals surface area contributed by atoms with Crippen molar-refractivity contribution >= 4 is 46.4 Å². The van der Waals surface area contributed by atoms with Gasteiger partial charge in [-0.15, -0.1) is 23.2 Å². The summed E-state index contributed by atoms with van der Waals surface area (Å²) in [4.78, 5) is 10.3. The van der Waals surface area contributed by atoms with Crippen molar-refractivity contribution in [1.82, 2.24) is 0 Å². The van der Waals surface area contributed by atoms with Gasteiger partial charge in [0.15, 0.2) is 5.05 Å². The molecule has 0 atom stereocenters. The Morgan fingerprint density at radius 2 is 2.00 bits per heavy atom. The number of hydrogen-bond acceptors (Lipinski definition) is 3. The molecule has 9 heavy (non-hydrogen) atoms. The lowest BCUT2D eigenvalue weighted by Gasteiger charge is -1.97. The summed E-state index contributed by atoms with van der Waals surface area (Å²) in [7, 11) is 0. The molecule has 0 saturated carbocycles. The Bertz CT molecular complexity index is 112. The van der Waals surface area contributed by atoms with Gasteiger partial charge in [0.1, 0.15) is 5.88 Å². The predicted molar refractivity (Wildman–Crippen MR) is 40.1 cm³/mol. The van der Waals surface area contributed by atoms with Gasteiger partial charge >= 0.3 is 5.97 Å². The highest BCUT2D eigenvalue weighted by Crippen LogP contribution is 1.89. The average molecular weight is 187 g/mol. The van der Waals surface area contributed by atoms with Gasteiger partial charge in [-0.2, -0.15) is 0 Å². The van der Waals surface area contributed by atoms with Gasteiger partial charge in [-0.05, 0) is 12.2 Å². The van der Waals surface area contributed by atoms with E-state index in [4.69, 9.17) is 23.2 Å². The second kappa shape index (κ2) is 4.97. The van der Waals surface area contributed by atoms with Crippen LogP contribution in [-0.2, 0) is 9.53 Å². The Balaban J connectivity index is 3.47. The molecule has 0 unspecified atom stereocenters. The molecule has 0 saturated heterocycles. The van der Waals surface area contributed by atoms with Gasteiger partial charge in [0.25, 0.3) is 0 Å². The zero-order chi connectivity index (χ0) is 7.28. The maximum absolute atomic E-state index is 10.3. The summed E-state index contributed by atoms with van der Waals surface area (Å²) >= 11 is 14.7. The Labute approximate surface area is 68.1 Å². The van der Waals surface area contributed by atoms with Crippen LogP contribution in [0.1, 0.15) is 0 Å². The van der Waals surface area contributed by atoms with Crippen LogP contribution in [0, 0.1) is 0 Å². The average Bonchev–Trinajstić information content (AvgIpc) is 1.87. The molecule has 0 spiro atoms. The van der Waals surface area contributed by atoms with Crippen LogP contribution in [0.5, 0.6) is 0 Å². The molecule has 0 heterocycles. The van der Waals surface area contributed by atoms with Gasteiger partial charge in [0, 0.05) is 0 Å². The molecular weight excluding hydrogens is 183 g/mol. The molecule has 0 amide bonds. The summed E-state index contributed by atoms with van der Waals surface area (Å²) in [6.07, 6.45) is 0. The fraction of sp³-hybridized carbons (Fsp3) is 0.500. The van der Waals surface area contributed by atoms with Crippen LogP contribution in [0.4, 0.5) is 0 Å². The Kier molecular flexibility index (Phi) is 5.04. The van der Waals surface area contributed by atoms with Crippen molar-refractivity contribution < 1.29 is 9.53 Å².